The number of aromatic hydroxyl groups is 1. The third kappa shape index (κ3) is 4.66. The summed E-state index contributed by atoms with van der Waals surface area (Å²) in [5.41, 5.74) is 1.88. The molecule has 29 heavy (non-hydrogen) atoms. The van der Waals surface area contributed by atoms with Gasteiger partial charge in [-0.25, -0.2) is 4.98 Å². The molecule has 1 aromatic heterocycles. The second-order valence-electron chi connectivity index (χ2n) is 7.19. The largest absolute Gasteiger partial charge is 0.508 e. The molecule has 1 saturated heterocycles. The zero-order chi connectivity index (χ0) is 20.1. The third-order valence-electron chi connectivity index (χ3n) is 5.26. The first-order chi connectivity index (χ1) is 14.2. The lowest BCUT2D eigenvalue weighted by molar-refractivity contribution is -0.115. The standard InChI is InChI=1S/C23H24N2O3S/c26-14-18(15-28-20-6-2-1-3-7-20)25-13-5-4-8-22(25)23-24-21(16-29-23)17-9-11-19(27)12-10-17/h1-3,6-7,9-12,14,16,18,22,27H,4-5,8,13,15H2. The van der Waals surface area contributed by atoms with E-state index >= 15 is 0 Å². The van der Waals surface area contributed by atoms with E-state index in [1.807, 2.05) is 47.8 Å². The molecule has 0 saturated carbocycles. The highest BCUT2D eigenvalue weighted by molar-refractivity contribution is 7.10. The molecule has 0 spiro atoms. The average Bonchev–Trinajstić information content (AvgIpc) is 3.26. The number of carbonyl (C=O) groups is 1. The Bertz CT molecular complexity index is 927. The first kappa shape index (κ1) is 19.6. The Morgan fingerprint density at radius 1 is 1.17 bits per heavy atom. The monoisotopic (exact) mass is 408 g/mol. The van der Waals surface area contributed by atoms with Gasteiger partial charge in [0.05, 0.1) is 11.7 Å². The van der Waals surface area contributed by atoms with Crippen LogP contribution in [0.4, 0.5) is 0 Å². The molecule has 6 heteroatoms. The van der Waals surface area contributed by atoms with E-state index in [0.29, 0.717) is 6.61 Å². The molecule has 1 fully saturated rings. The SMILES string of the molecule is O=CC(COc1ccccc1)N1CCCCC1c1nc(-c2ccc(O)cc2)cs1. The minimum absolute atomic E-state index is 0.120. The maximum absolute atomic E-state index is 11.9. The fraction of sp³-hybridized carbons (Fsp3) is 0.304. The van der Waals surface area contributed by atoms with E-state index in [1.165, 1.54) is 0 Å². The molecule has 0 aliphatic carbocycles. The van der Waals surface area contributed by atoms with E-state index in [-0.39, 0.29) is 17.8 Å². The summed E-state index contributed by atoms with van der Waals surface area (Å²) in [6.07, 6.45) is 4.18. The van der Waals surface area contributed by atoms with E-state index in [0.717, 1.165) is 54.1 Å². The predicted molar refractivity (Wildman–Crippen MR) is 114 cm³/mol. The van der Waals surface area contributed by atoms with Gasteiger partial charge in [0.1, 0.15) is 35.4 Å². The van der Waals surface area contributed by atoms with Crippen LogP contribution in [0.5, 0.6) is 11.5 Å². The molecular weight excluding hydrogens is 384 g/mol. The third-order valence-corrected chi connectivity index (χ3v) is 6.21. The number of aromatic nitrogens is 1. The predicted octanol–water partition coefficient (Wildman–Crippen LogP) is 4.69. The van der Waals surface area contributed by atoms with Crippen LogP contribution in [0.1, 0.15) is 30.3 Å². The highest BCUT2D eigenvalue weighted by Crippen LogP contribution is 2.36. The first-order valence-electron chi connectivity index (χ1n) is 9.88. The van der Waals surface area contributed by atoms with E-state index in [9.17, 15) is 9.90 Å². The number of ether oxygens (including phenoxy) is 1. The van der Waals surface area contributed by atoms with Crippen molar-refractivity contribution >= 4 is 17.6 Å². The summed E-state index contributed by atoms with van der Waals surface area (Å²) in [5, 5.41) is 12.6. The fourth-order valence-corrected chi connectivity index (χ4v) is 4.72. The average molecular weight is 409 g/mol. The van der Waals surface area contributed by atoms with Crippen molar-refractivity contribution in [3.63, 3.8) is 0 Å². The van der Waals surface area contributed by atoms with Crippen molar-refractivity contribution in [1.82, 2.24) is 9.88 Å². The van der Waals surface area contributed by atoms with Gasteiger partial charge in [-0.2, -0.15) is 0 Å². The Morgan fingerprint density at radius 3 is 2.72 bits per heavy atom. The zero-order valence-corrected chi connectivity index (χ0v) is 16.9. The van der Waals surface area contributed by atoms with Crippen molar-refractivity contribution in [2.45, 2.75) is 31.3 Å². The second kappa shape index (κ2) is 9.20. The van der Waals surface area contributed by atoms with E-state index in [4.69, 9.17) is 9.72 Å². The summed E-state index contributed by atoms with van der Waals surface area (Å²) in [7, 11) is 0. The van der Waals surface area contributed by atoms with Gasteiger partial charge in [0, 0.05) is 10.9 Å². The minimum atomic E-state index is -0.304. The Morgan fingerprint density at radius 2 is 1.97 bits per heavy atom. The Labute approximate surface area is 174 Å². The van der Waals surface area contributed by atoms with Gasteiger partial charge in [-0.05, 0) is 55.8 Å². The highest BCUT2D eigenvalue weighted by atomic mass is 32.1. The Kier molecular flexibility index (Phi) is 6.22. The van der Waals surface area contributed by atoms with Crippen LogP contribution in [-0.2, 0) is 4.79 Å². The van der Waals surface area contributed by atoms with Gasteiger partial charge in [-0.1, -0.05) is 24.6 Å². The van der Waals surface area contributed by atoms with Crippen LogP contribution in [0, 0.1) is 0 Å². The molecule has 5 nitrogen and oxygen atoms in total. The Balaban J connectivity index is 1.50. The molecule has 150 valence electrons. The Hall–Kier alpha value is -2.70. The lowest BCUT2D eigenvalue weighted by atomic mass is 10.0. The van der Waals surface area contributed by atoms with Gasteiger partial charge in [-0.15, -0.1) is 11.3 Å². The van der Waals surface area contributed by atoms with Crippen LogP contribution < -0.4 is 4.74 Å². The van der Waals surface area contributed by atoms with Crippen LogP contribution in [0.2, 0.25) is 0 Å². The number of aldehydes is 1. The van der Waals surface area contributed by atoms with Crippen molar-refractivity contribution in [1.29, 1.82) is 0 Å². The van der Waals surface area contributed by atoms with Gasteiger partial charge in [0.2, 0.25) is 0 Å². The lowest BCUT2D eigenvalue weighted by Gasteiger charge is -2.37. The van der Waals surface area contributed by atoms with Crippen molar-refractivity contribution in [2.75, 3.05) is 13.2 Å². The molecule has 0 bridgehead atoms. The normalized spacial score (nSPS) is 18.3. The van der Waals surface area contributed by atoms with Gasteiger partial charge in [0.15, 0.2) is 0 Å². The summed E-state index contributed by atoms with van der Waals surface area (Å²) in [4.78, 5) is 19.0. The summed E-state index contributed by atoms with van der Waals surface area (Å²) in [6, 6.07) is 16.5. The van der Waals surface area contributed by atoms with Crippen LogP contribution in [-0.4, -0.2) is 40.5 Å². The molecule has 4 rings (SSSR count). The molecule has 2 aromatic carbocycles. The number of para-hydroxylation sites is 1. The summed E-state index contributed by atoms with van der Waals surface area (Å²) in [6.45, 7) is 1.19. The van der Waals surface area contributed by atoms with Gasteiger partial charge < -0.3 is 14.6 Å². The molecule has 1 aliphatic rings. The number of likely N-dealkylation sites (tertiary alicyclic amines) is 1. The van der Waals surface area contributed by atoms with Crippen LogP contribution >= 0.6 is 11.3 Å². The number of piperidine rings is 1. The van der Waals surface area contributed by atoms with E-state index in [2.05, 4.69) is 4.90 Å². The molecule has 0 radical (unpaired) electrons. The quantitative estimate of drug-likeness (QED) is 0.575. The molecular formula is C23H24N2O3S. The lowest BCUT2D eigenvalue weighted by Crippen LogP contribution is -2.45. The number of benzene rings is 2. The maximum atomic E-state index is 11.9. The number of nitrogens with zero attached hydrogens (tertiary/aromatic N) is 2. The van der Waals surface area contributed by atoms with Gasteiger partial charge >= 0.3 is 0 Å². The molecule has 1 aliphatic heterocycles. The summed E-state index contributed by atoms with van der Waals surface area (Å²) >= 11 is 1.63. The maximum Gasteiger partial charge on any atom is 0.140 e. The van der Waals surface area contributed by atoms with E-state index in [1.54, 1.807) is 23.5 Å². The van der Waals surface area contributed by atoms with Crippen molar-refractivity contribution in [3.05, 3.63) is 65.0 Å². The molecule has 1 N–H and O–H groups in total. The smallest absolute Gasteiger partial charge is 0.140 e. The molecule has 3 aromatic rings. The van der Waals surface area contributed by atoms with Crippen LogP contribution in [0.25, 0.3) is 11.3 Å². The number of thiazole rings is 1. The number of carbonyl (C=O) groups excluding carboxylic acids is 1. The van der Waals surface area contributed by atoms with Crippen LogP contribution in [0.15, 0.2) is 60.0 Å². The summed E-state index contributed by atoms with van der Waals surface area (Å²) in [5.74, 6) is 1.02. The molecule has 0 amide bonds. The van der Waals surface area contributed by atoms with Crippen LogP contribution in [0.3, 0.4) is 0 Å². The van der Waals surface area contributed by atoms with Gasteiger partial charge in [0.25, 0.3) is 0 Å². The summed E-state index contributed by atoms with van der Waals surface area (Å²) < 4.78 is 5.87. The number of phenols is 1. The topological polar surface area (TPSA) is 62.7 Å². The van der Waals surface area contributed by atoms with E-state index < -0.39 is 0 Å². The highest BCUT2D eigenvalue weighted by Gasteiger charge is 2.32. The van der Waals surface area contributed by atoms with Crippen molar-refractivity contribution in [3.8, 4) is 22.8 Å². The molecule has 2 heterocycles. The number of hydrogen-bond acceptors (Lipinski definition) is 6. The second-order valence-corrected chi connectivity index (χ2v) is 8.08. The minimum Gasteiger partial charge on any atom is -0.508 e. The fourth-order valence-electron chi connectivity index (χ4n) is 3.73. The molecule has 2 atom stereocenters. The van der Waals surface area contributed by atoms with Crippen molar-refractivity contribution < 1.29 is 14.6 Å². The molecule has 2 unspecified atom stereocenters. The van der Waals surface area contributed by atoms with Crippen molar-refractivity contribution in [2.24, 2.45) is 0 Å². The number of phenolic OH excluding ortho intramolecular Hbond substituents is 1. The first-order valence-corrected chi connectivity index (χ1v) is 10.8. The number of hydrogen-bond donors (Lipinski definition) is 1. The number of rotatable bonds is 7. The van der Waals surface area contributed by atoms with Gasteiger partial charge in [-0.3, -0.25) is 4.90 Å². The zero-order valence-electron chi connectivity index (χ0n) is 16.1.